The Labute approximate surface area is 200 Å². The van der Waals surface area contributed by atoms with E-state index in [1.165, 1.54) is 11.3 Å². The Morgan fingerprint density at radius 3 is 2.64 bits per heavy atom. The van der Waals surface area contributed by atoms with Gasteiger partial charge in [0.15, 0.2) is 0 Å². The summed E-state index contributed by atoms with van der Waals surface area (Å²) in [6, 6.07) is 7.74. The molecule has 172 valence electrons. The van der Waals surface area contributed by atoms with E-state index in [0.717, 1.165) is 27.7 Å². The minimum Gasteiger partial charge on any atom is -0.497 e. The topological polar surface area (TPSA) is 91.2 Å². The number of aromatic nitrogens is 4. The molecule has 8 nitrogen and oxygen atoms in total. The van der Waals surface area contributed by atoms with Crippen molar-refractivity contribution in [3.8, 4) is 22.1 Å². The molecule has 33 heavy (non-hydrogen) atoms. The van der Waals surface area contributed by atoms with Crippen LogP contribution in [0.3, 0.4) is 0 Å². The normalized spacial score (nSPS) is 12.0. The van der Waals surface area contributed by atoms with Gasteiger partial charge in [0, 0.05) is 28.9 Å². The largest absolute Gasteiger partial charge is 0.497 e. The number of nitrogens with one attached hydrogen (secondary N) is 1. The second-order valence-electron chi connectivity index (χ2n) is 7.28. The summed E-state index contributed by atoms with van der Waals surface area (Å²) in [6.07, 6.45) is 1.54. The molecule has 0 bridgehead atoms. The summed E-state index contributed by atoms with van der Waals surface area (Å²) in [5.41, 5.74) is 3.90. The Kier molecular flexibility index (Phi) is 7.17. The van der Waals surface area contributed by atoms with Gasteiger partial charge in [-0.05, 0) is 45.0 Å². The molecule has 0 aliphatic rings. The van der Waals surface area contributed by atoms with E-state index >= 15 is 0 Å². The predicted octanol–water partition coefficient (Wildman–Crippen LogP) is 4.80. The molecule has 0 radical (unpaired) electrons. The lowest BCUT2D eigenvalue weighted by Gasteiger charge is -2.13. The van der Waals surface area contributed by atoms with E-state index in [9.17, 15) is 4.79 Å². The molecule has 4 rings (SSSR count). The van der Waals surface area contributed by atoms with Crippen LogP contribution in [0.25, 0.3) is 16.4 Å². The number of carbonyl (C=O) groups is 1. The van der Waals surface area contributed by atoms with Crippen LogP contribution in [0.1, 0.15) is 46.6 Å². The SMILES string of the molecule is CCOC(=O)c1cnn(-c2nc(-c3ccc(OC)cc3)cs2)c1CN[C@H](C)c1csc(C)n1. The molecule has 0 aliphatic carbocycles. The van der Waals surface area contributed by atoms with Gasteiger partial charge in [0.2, 0.25) is 5.13 Å². The van der Waals surface area contributed by atoms with Crippen molar-refractivity contribution in [2.24, 2.45) is 0 Å². The summed E-state index contributed by atoms with van der Waals surface area (Å²) in [4.78, 5) is 21.9. The first kappa shape index (κ1) is 23.1. The summed E-state index contributed by atoms with van der Waals surface area (Å²) in [7, 11) is 1.64. The van der Waals surface area contributed by atoms with Crippen LogP contribution in [0.2, 0.25) is 0 Å². The molecule has 1 aromatic carbocycles. The van der Waals surface area contributed by atoms with Crippen LogP contribution in [0.15, 0.2) is 41.2 Å². The second-order valence-corrected chi connectivity index (χ2v) is 9.17. The number of thiazole rings is 2. The fourth-order valence-electron chi connectivity index (χ4n) is 3.28. The van der Waals surface area contributed by atoms with Gasteiger partial charge in [0.1, 0.15) is 11.3 Å². The van der Waals surface area contributed by atoms with Crippen molar-refractivity contribution < 1.29 is 14.3 Å². The molecule has 0 aliphatic heterocycles. The minimum atomic E-state index is -0.398. The summed E-state index contributed by atoms with van der Waals surface area (Å²) < 4.78 is 12.2. The molecule has 0 unspecified atom stereocenters. The Hall–Kier alpha value is -3.08. The molecular formula is C23H25N5O3S2. The predicted molar refractivity (Wildman–Crippen MR) is 129 cm³/mol. The number of ether oxygens (including phenoxy) is 2. The maximum Gasteiger partial charge on any atom is 0.341 e. The summed E-state index contributed by atoms with van der Waals surface area (Å²) in [5.74, 6) is 0.391. The number of hydrogen-bond acceptors (Lipinski definition) is 9. The van der Waals surface area contributed by atoms with Gasteiger partial charge < -0.3 is 14.8 Å². The Balaban J connectivity index is 1.62. The van der Waals surface area contributed by atoms with Gasteiger partial charge in [0.05, 0.1) is 42.0 Å². The fourth-order valence-corrected chi connectivity index (χ4v) is 4.80. The van der Waals surface area contributed by atoms with E-state index in [0.29, 0.717) is 29.5 Å². The van der Waals surface area contributed by atoms with Crippen LogP contribution in [0.4, 0.5) is 0 Å². The van der Waals surface area contributed by atoms with E-state index in [1.807, 2.05) is 48.9 Å². The highest BCUT2D eigenvalue weighted by molar-refractivity contribution is 7.12. The zero-order chi connectivity index (χ0) is 23.4. The third-order valence-electron chi connectivity index (χ3n) is 5.08. The van der Waals surface area contributed by atoms with Gasteiger partial charge in [0.25, 0.3) is 0 Å². The highest BCUT2D eigenvalue weighted by Crippen LogP contribution is 2.27. The van der Waals surface area contributed by atoms with Crippen molar-refractivity contribution >= 4 is 28.6 Å². The van der Waals surface area contributed by atoms with Crippen LogP contribution < -0.4 is 10.1 Å². The van der Waals surface area contributed by atoms with Crippen molar-refractivity contribution in [3.63, 3.8) is 0 Å². The molecular weight excluding hydrogens is 458 g/mol. The molecule has 10 heteroatoms. The third-order valence-corrected chi connectivity index (χ3v) is 6.69. The molecule has 4 aromatic rings. The van der Waals surface area contributed by atoms with Crippen molar-refractivity contribution in [3.05, 3.63) is 63.2 Å². The zero-order valence-electron chi connectivity index (χ0n) is 18.9. The maximum atomic E-state index is 12.6. The van der Waals surface area contributed by atoms with Crippen LogP contribution in [-0.4, -0.2) is 39.4 Å². The van der Waals surface area contributed by atoms with E-state index in [1.54, 1.807) is 36.2 Å². The number of aryl methyl sites for hydroxylation is 1. The van der Waals surface area contributed by atoms with Crippen molar-refractivity contribution in [2.75, 3.05) is 13.7 Å². The molecule has 1 N–H and O–H groups in total. The smallest absolute Gasteiger partial charge is 0.341 e. The highest BCUT2D eigenvalue weighted by Gasteiger charge is 2.22. The van der Waals surface area contributed by atoms with Crippen LogP contribution >= 0.6 is 22.7 Å². The van der Waals surface area contributed by atoms with E-state index in [2.05, 4.69) is 15.4 Å². The summed E-state index contributed by atoms with van der Waals surface area (Å²) in [5, 5.41) is 13.6. The molecule has 1 atom stereocenters. The molecule has 0 saturated heterocycles. The van der Waals surface area contributed by atoms with Crippen molar-refractivity contribution in [2.45, 2.75) is 33.4 Å². The van der Waals surface area contributed by atoms with Crippen LogP contribution in [0, 0.1) is 6.92 Å². The lowest BCUT2D eigenvalue weighted by atomic mass is 10.2. The van der Waals surface area contributed by atoms with E-state index < -0.39 is 5.97 Å². The lowest BCUT2D eigenvalue weighted by molar-refractivity contribution is 0.0524. The Morgan fingerprint density at radius 1 is 1.18 bits per heavy atom. The number of nitrogens with zero attached hydrogens (tertiary/aromatic N) is 4. The standard InChI is InChI=1S/C23H25N5O3S2/c1-5-31-22(29)18-10-25-28(21(18)11-24-14(2)19-12-32-15(3)26-19)23-27-20(13-33-23)16-6-8-17(30-4)9-7-16/h6-10,12-14,24H,5,11H2,1-4H3/t14-/m1/s1. The maximum absolute atomic E-state index is 12.6. The molecule has 0 fully saturated rings. The Bertz CT molecular complexity index is 1230. The number of carbonyl (C=O) groups excluding carboxylic acids is 1. The van der Waals surface area contributed by atoms with Gasteiger partial charge in [-0.2, -0.15) is 5.10 Å². The fraction of sp³-hybridized carbons (Fsp3) is 0.304. The lowest BCUT2D eigenvalue weighted by Crippen LogP contribution is -2.22. The van der Waals surface area contributed by atoms with Gasteiger partial charge in [-0.25, -0.2) is 19.4 Å². The van der Waals surface area contributed by atoms with Gasteiger partial charge in [-0.15, -0.1) is 22.7 Å². The monoisotopic (exact) mass is 483 g/mol. The number of esters is 1. The van der Waals surface area contributed by atoms with Gasteiger partial charge in [-0.1, -0.05) is 0 Å². The molecule has 3 aromatic heterocycles. The zero-order valence-corrected chi connectivity index (χ0v) is 20.5. The number of hydrogen-bond donors (Lipinski definition) is 1. The Morgan fingerprint density at radius 2 is 1.97 bits per heavy atom. The molecule has 3 heterocycles. The average molecular weight is 484 g/mol. The van der Waals surface area contributed by atoms with Crippen molar-refractivity contribution in [1.82, 2.24) is 25.1 Å². The first-order chi connectivity index (χ1) is 16.0. The molecule has 0 saturated carbocycles. The summed E-state index contributed by atoms with van der Waals surface area (Å²) in [6.45, 7) is 6.52. The van der Waals surface area contributed by atoms with Crippen molar-refractivity contribution in [1.29, 1.82) is 0 Å². The van der Waals surface area contributed by atoms with Crippen LogP contribution in [-0.2, 0) is 11.3 Å². The minimum absolute atomic E-state index is 0.0134. The third kappa shape index (κ3) is 5.13. The number of benzene rings is 1. The van der Waals surface area contributed by atoms with Gasteiger partial charge in [-0.3, -0.25) is 0 Å². The summed E-state index contributed by atoms with van der Waals surface area (Å²) >= 11 is 3.08. The van der Waals surface area contributed by atoms with Gasteiger partial charge >= 0.3 is 5.97 Å². The molecule has 0 spiro atoms. The van der Waals surface area contributed by atoms with E-state index in [-0.39, 0.29) is 6.04 Å². The number of methoxy groups -OCH3 is 1. The number of rotatable bonds is 9. The first-order valence-electron chi connectivity index (χ1n) is 10.5. The highest BCUT2D eigenvalue weighted by atomic mass is 32.1. The van der Waals surface area contributed by atoms with E-state index in [4.69, 9.17) is 14.5 Å². The molecule has 0 amide bonds. The average Bonchev–Trinajstić information content (AvgIpc) is 3.57. The van der Waals surface area contributed by atoms with Crippen LogP contribution in [0.5, 0.6) is 5.75 Å². The quantitative estimate of drug-likeness (QED) is 0.342. The first-order valence-corrected chi connectivity index (χ1v) is 12.3. The second kappa shape index (κ2) is 10.2.